The van der Waals surface area contributed by atoms with Gasteiger partial charge in [-0.3, -0.25) is 0 Å². The number of aromatic nitrogens is 2. The van der Waals surface area contributed by atoms with Crippen LogP contribution in [0.3, 0.4) is 0 Å². The summed E-state index contributed by atoms with van der Waals surface area (Å²) in [6.07, 6.45) is 1.65. The number of hydrogen-bond acceptors (Lipinski definition) is 5. The molecule has 0 unspecified atom stereocenters. The maximum Gasteiger partial charge on any atom is 0.199 e. The van der Waals surface area contributed by atoms with E-state index in [1.54, 1.807) is 7.11 Å². The molecule has 1 aromatic carbocycles. The van der Waals surface area contributed by atoms with Crippen molar-refractivity contribution in [3.05, 3.63) is 35.7 Å². The molecule has 0 saturated heterocycles. The molecule has 1 heterocycles. The molecule has 2 aromatic rings. The molecule has 2 rings (SSSR count). The molecule has 16 heavy (non-hydrogen) atoms. The van der Waals surface area contributed by atoms with Gasteiger partial charge in [0.15, 0.2) is 5.13 Å². The summed E-state index contributed by atoms with van der Waals surface area (Å²) in [5, 5.41) is 0.523. The predicted molar refractivity (Wildman–Crippen MR) is 64.7 cm³/mol. The Bertz CT molecular complexity index is 470. The minimum atomic E-state index is 0.523. The molecule has 0 aliphatic carbocycles. The lowest BCUT2D eigenvalue weighted by Gasteiger charge is -2.06. The van der Waals surface area contributed by atoms with Gasteiger partial charge in [-0.15, -0.1) is 0 Å². The molecular formula is C11H13N3OS. The molecule has 4 nitrogen and oxygen atoms in total. The maximum absolute atomic E-state index is 5.52. The minimum absolute atomic E-state index is 0.523. The van der Waals surface area contributed by atoms with E-state index in [2.05, 4.69) is 15.4 Å². The van der Waals surface area contributed by atoms with Crippen molar-refractivity contribution in [3.8, 4) is 5.75 Å². The van der Waals surface area contributed by atoms with Crippen LogP contribution in [0.5, 0.6) is 5.75 Å². The third-order valence-electron chi connectivity index (χ3n) is 2.29. The Morgan fingerprint density at radius 2 is 2.12 bits per heavy atom. The predicted octanol–water partition coefficient (Wildman–Crippen LogP) is 1.91. The highest BCUT2D eigenvalue weighted by atomic mass is 32.1. The third-order valence-corrected chi connectivity index (χ3v) is 2.87. The molecule has 0 spiro atoms. The highest BCUT2D eigenvalue weighted by molar-refractivity contribution is 7.09. The first-order valence-electron chi connectivity index (χ1n) is 4.99. The number of anilines is 1. The normalized spacial score (nSPS) is 10.3. The molecule has 84 valence electrons. The Hall–Kier alpha value is -1.62. The summed E-state index contributed by atoms with van der Waals surface area (Å²) >= 11 is 1.23. The molecule has 0 bridgehead atoms. The molecule has 0 amide bonds. The summed E-state index contributed by atoms with van der Waals surface area (Å²) in [5.41, 5.74) is 6.69. The Balaban J connectivity index is 2.04. The van der Waals surface area contributed by atoms with Crippen LogP contribution in [0.2, 0.25) is 0 Å². The zero-order valence-electron chi connectivity index (χ0n) is 9.01. The van der Waals surface area contributed by atoms with Crippen molar-refractivity contribution in [1.29, 1.82) is 0 Å². The van der Waals surface area contributed by atoms with Gasteiger partial charge in [-0.25, -0.2) is 4.98 Å². The number of benzene rings is 1. The summed E-state index contributed by atoms with van der Waals surface area (Å²) < 4.78 is 9.43. The van der Waals surface area contributed by atoms with Crippen LogP contribution in [0.25, 0.3) is 0 Å². The van der Waals surface area contributed by atoms with E-state index in [0.29, 0.717) is 5.13 Å². The number of aryl methyl sites for hydroxylation is 2. The Labute approximate surface area is 98.3 Å². The van der Waals surface area contributed by atoms with E-state index in [1.165, 1.54) is 17.1 Å². The summed E-state index contributed by atoms with van der Waals surface area (Å²) in [6.45, 7) is 0. The van der Waals surface area contributed by atoms with Gasteiger partial charge < -0.3 is 10.5 Å². The average molecular weight is 235 g/mol. The number of rotatable bonds is 4. The molecular weight excluding hydrogens is 222 g/mol. The van der Waals surface area contributed by atoms with Crippen LogP contribution >= 0.6 is 11.5 Å². The van der Waals surface area contributed by atoms with Crippen LogP contribution in [0.4, 0.5) is 5.13 Å². The van der Waals surface area contributed by atoms with E-state index in [9.17, 15) is 0 Å². The van der Waals surface area contributed by atoms with Crippen LogP contribution in [0.1, 0.15) is 11.4 Å². The van der Waals surface area contributed by atoms with Crippen molar-refractivity contribution in [2.24, 2.45) is 0 Å². The van der Waals surface area contributed by atoms with Crippen molar-refractivity contribution < 1.29 is 4.74 Å². The average Bonchev–Trinajstić information content (AvgIpc) is 2.73. The third kappa shape index (κ3) is 2.49. The van der Waals surface area contributed by atoms with Crippen molar-refractivity contribution in [2.75, 3.05) is 12.8 Å². The van der Waals surface area contributed by atoms with Crippen LogP contribution in [0.15, 0.2) is 24.3 Å². The van der Waals surface area contributed by atoms with Crippen LogP contribution in [-0.4, -0.2) is 16.5 Å². The topological polar surface area (TPSA) is 61.0 Å². The molecule has 0 aliphatic heterocycles. The summed E-state index contributed by atoms with van der Waals surface area (Å²) in [7, 11) is 1.68. The zero-order chi connectivity index (χ0) is 11.4. The Morgan fingerprint density at radius 1 is 1.31 bits per heavy atom. The second-order valence-electron chi connectivity index (χ2n) is 3.36. The standard InChI is InChI=1S/C11H13N3OS/c1-15-9-5-3-2-4-8(9)6-7-10-13-11(12)16-14-10/h2-5H,6-7H2,1H3,(H2,12,13,14). The van der Waals surface area contributed by atoms with Crippen molar-refractivity contribution in [3.63, 3.8) is 0 Å². The first-order chi connectivity index (χ1) is 7.79. The van der Waals surface area contributed by atoms with Crippen molar-refractivity contribution in [2.45, 2.75) is 12.8 Å². The highest BCUT2D eigenvalue weighted by Gasteiger charge is 2.05. The first kappa shape index (κ1) is 10.9. The first-order valence-corrected chi connectivity index (χ1v) is 5.77. The lowest BCUT2D eigenvalue weighted by molar-refractivity contribution is 0.409. The van der Waals surface area contributed by atoms with E-state index in [0.717, 1.165) is 24.4 Å². The van der Waals surface area contributed by atoms with Gasteiger partial charge >= 0.3 is 0 Å². The highest BCUT2D eigenvalue weighted by Crippen LogP contribution is 2.19. The van der Waals surface area contributed by atoms with Gasteiger partial charge in [-0.1, -0.05) is 18.2 Å². The SMILES string of the molecule is COc1ccccc1CCc1nsc(N)n1. The van der Waals surface area contributed by atoms with Gasteiger partial charge in [0, 0.05) is 18.0 Å². The fourth-order valence-corrected chi connectivity index (χ4v) is 2.00. The van der Waals surface area contributed by atoms with Crippen LogP contribution < -0.4 is 10.5 Å². The summed E-state index contributed by atoms with van der Waals surface area (Å²) in [5.74, 6) is 1.71. The van der Waals surface area contributed by atoms with Crippen LogP contribution in [-0.2, 0) is 12.8 Å². The number of hydrogen-bond donors (Lipinski definition) is 1. The number of ether oxygens (including phenoxy) is 1. The number of nitrogen functional groups attached to an aromatic ring is 1. The quantitative estimate of drug-likeness (QED) is 0.879. The van der Waals surface area contributed by atoms with Crippen LogP contribution in [0, 0.1) is 0 Å². The maximum atomic E-state index is 5.52. The number of para-hydroxylation sites is 1. The fraction of sp³-hybridized carbons (Fsp3) is 0.273. The Kier molecular flexibility index (Phi) is 3.36. The second kappa shape index (κ2) is 4.94. The molecule has 5 heteroatoms. The van der Waals surface area contributed by atoms with E-state index in [-0.39, 0.29) is 0 Å². The largest absolute Gasteiger partial charge is 0.496 e. The van der Waals surface area contributed by atoms with E-state index in [1.807, 2.05) is 18.2 Å². The molecule has 0 saturated carbocycles. The molecule has 2 N–H and O–H groups in total. The van der Waals surface area contributed by atoms with E-state index in [4.69, 9.17) is 10.5 Å². The van der Waals surface area contributed by atoms with Gasteiger partial charge in [0.1, 0.15) is 11.6 Å². The van der Waals surface area contributed by atoms with Crippen molar-refractivity contribution >= 4 is 16.7 Å². The molecule has 1 aromatic heterocycles. The second-order valence-corrected chi connectivity index (χ2v) is 4.14. The smallest absolute Gasteiger partial charge is 0.199 e. The van der Waals surface area contributed by atoms with Gasteiger partial charge in [0.05, 0.1) is 7.11 Å². The molecule has 0 fully saturated rings. The van der Waals surface area contributed by atoms with E-state index < -0.39 is 0 Å². The van der Waals surface area contributed by atoms with Gasteiger partial charge in [0.2, 0.25) is 0 Å². The van der Waals surface area contributed by atoms with Gasteiger partial charge in [0.25, 0.3) is 0 Å². The number of nitrogens with zero attached hydrogens (tertiary/aromatic N) is 2. The van der Waals surface area contributed by atoms with E-state index >= 15 is 0 Å². The molecule has 0 atom stereocenters. The number of methoxy groups -OCH3 is 1. The van der Waals surface area contributed by atoms with Gasteiger partial charge in [-0.2, -0.15) is 4.37 Å². The minimum Gasteiger partial charge on any atom is -0.496 e. The molecule has 0 aliphatic rings. The Morgan fingerprint density at radius 3 is 2.81 bits per heavy atom. The summed E-state index contributed by atoms with van der Waals surface area (Å²) in [6, 6.07) is 7.97. The lowest BCUT2D eigenvalue weighted by Crippen LogP contribution is -1.97. The lowest BCUT2D eigenvalue weighted by atomic mass is 10.1. The fourth-order valence-electron chi connectivity index (χ4n) is 1.52. The summed E-state index contributed by atoms with van der Waals surface area (Å²) in [4.78, 5) is 4.13. The zero-order valence-corrected chi connectivity index (χ0v) is 9.83. The van der Waals surface area contributed by atoms with Crippen molar-refractivity contribution in [1.82, 2.24) is 9.36 Å². The molecule has 0 radical (unpaired) electrons. The number of nitrogens with two attached hydrogens (primary N) is 1. The monoisotopic (exact) mass is 235 g/mol. The van der Waals surface area contributed by atoms with Gasteiger partial charge in [-0.05, 0) is 18.1 Å².